The molecule has 0 bridgehead atoms. The van der Waals surface area contributed by atoms with Crippen molar-refractivity contribution in [2.24, 2.45) is 0 Å². The highest BCUT2D eigenvalue weighted by atomic mass is 35.5. The maximum Gasteiger partial charge on any atom is 0.298 e. The molecule has 0 aliphatic rings. The molecule has 0 radical (unpaired) electrons. The summed E-state index contributed by atoms with van der Waals surface area (Å²) in [5, 5.41) is 12.7. The second kappa shape index (κ2) is 8.09. The molecule has 3 aromatic heterocycles. The number of aliphatic hydroxyl groups excluding tert-OH is 1. The van der Waals surface area contributed by atoms with Crippen molar-refractivity contribution in [3.8, 4) is 6.01 Å². The largest absolute Gasteiger partial charge is 0.465 e. The van der Waals surface area contributed by atoms with Gasteiger partial charge in [-0.05, 0) is 35.7 Å². The van der Waals surface area contributed by atoms with E-state index < -0.39 is 0 Å². The van der Waals surface area contributed by atoms with Gasteiger partial charge in [0.05, 0.1) is 19.8 Å². The lowest BCUT2D eigenvalue weighted by molar-refractivity contribution is 0.246. The molecular formula is C16H19ClN6O2. The number of aliphatic hydroxyl groups is 1. The number of hydrogen-bond acceptors (Lipinski definition) is 7. The Morgan fingerprint density at radius 2 is 2.04 bits per heavy atom. The number of pyridine rings is 1. The number of anilines is 1. The fourth-order valence-corrected chi connectivity index (χ4v) is 2.53. The monoisotopic (exact) mass is 362 g/mol. The summed E-state index contributed by atoms with van der Waals surface area (Å²) in [6.45, 7) is 3.33. The summed E-state index contributed by atoms with van der Waals surface area (Å²) in [4.78, 5) is 17.0. The van der Waals surface area contributed by atoms with Gasteiger partial charge in [-0.1, -0.05) is 6.92 Å². The lowest BCUT2D eigenvalue weighted by Crippen LogP contribution is -2.08. The molecule has 0 spiro atoms. The Hall–Kier alpha value is -2.45. The molecule has 132 valence electrons. The van der Waals surface area contributed by atoms with Gasteiger partial charge in [0.25, 0.3) is 6.01 Å². The molecule has 8 nitrogen and oxygen atoms in total. The van der Waals surface area contributed by atoms with Crippen molar-refractivity contribution >= 4 is 28.6 Å². The Morgan fingerprint density at radius 3 is 2.76 bits per heavy atom. The zero-order valence-electron chi connectivity index (χ0n) is 13.8. The third kappa shape index (κ3) is 3.97. The van der Waals surface area contributed by atoms with Crippen molar-refractivity contribution in [1.29, 1.82) is 0 Å². The molecule has 3 aromatic rings. The number of ether oxygens (including phenoxy) is 1. The minimum absolute atomic E-state index is 0.0602. The number of imidazole rings is 1. The summed E-state index contributed by atoms with van der Waals surface area (Å²) in [5.74, 6) is 0.518. The lowest BCUT2D eigenvalue weighted by atomic mass is 10.3. The lowest BCUT2D eigenvalue weighted by Gasteiger charge is -2.08. The second-order valence-corrected chi connectivity index (χ2v) is 5.68. The van der Waals surface area contributed by atoms with Crippen molar-refractivity contribution in [3.63, 3.8) is 0 Å². The smallest absolute Gasteiger partial charge is 0.298 e. The molecule has 2 N–H and O–H groups in total. The normalized spacial score (nSPS) is 11.0. The van der Waals surface area contributed by atoms with Crippen LogP contribution in [-0.4, -0.2) is 42.8 Å². The van der Waals surface area contributed by atoms with Crippen molar-refractivity contribution in [2.45, 2.75) is 26.4 Å². The maximum atomic E-state index is 9.34. The number of halogens is 1. The number of aromatic nitrogens is 5. The number of hydrogen-bond donors (Lipinski definition) is 2. The molecule has 0 fully saturated rings. The highest BCUT2D eigenvalue weighted by Gasteiger charge is 2.18. The van der Waals surface area contributed by atoms with Gasteiger partial charge in [-0.15, -0.1) is 0 Å². The molecule has 0 saturated carbocycles. The van der Waals surface area contributed by atoms with Crippen LogP contribution in [-0.2, 0) is 13.1 Å². The summed E-state index contributed by atoms with van der Waals surface area (Å²) >= 11 is 6.07. The zero-order chi connectivity index (χ0) is 17.6. The van der Waals surface area contributed by atoms with Gasteiger partial charge in [0.1, 0.15) is 0 Å². The average molecular weight is 363 g/mol. The highest BCUT2D eigenvalue weighted by Crippen LogP contribution is 2.26. The van der Waals surface area contributed by atoms with E-state index in [4.69, 9.17) is 16.3 Å². The molecule has 3 rings (SSSR count). The van der Waals surface area contributed by atoms with Crippen molar-refractivity contribution in [1.82, 2.24) is 24.5 Å². The first-order valence-electron chi connectivity index (χ1n) is 8.03. The second-order valence-electron chi connectivity index (χ2n) is 5.34. The van der Waals surface area contributed by atoms with Gasteiger partial charge in [-0.2, -0.15) is 15.0 Å². The van der Waals surface area contributed by atoms with E-state index in [0.29, 0.717) is 42.7 Å². The molecule has 9 heteroatoms. The van der Waals surface area contributed by atoms with Crippen LogP contribution >= 0.6 is 11.6 Å². The summed E-state index contributed by atoms with van der Waals surface area (Å²) in [7, 11) is 0. The van der Waals surface area contributed by atoms with Crippen LogP contribution < -0.4 is 10.1 Å². The number of rotatable bonds is 8. The molecular weight excluding hydrogens is 344 g/mol. The Bertz CT molecular complexity index is 840. The molecule has 25 heavy (non-hydrogen) atoms. The van der Waals surface area contributed by atoms with E-state index in [0.717, 1.165) is 12.0 Å². The topological polar surface area (TPSA) is 98.0 Å². The SMILES string of the molecule is CCCOc1nc2c(NCc3ccncc3)nc(Cl)nc2n1CCO. The minimum atomic E-state index is -0.0602. The maximum absolute atomic E-state index is 9.34. The molecule has 0 atom stereocenters. The summed E-state index contributed by atoms with van der Waals surface area (Å²) in [6, 6.07) is 4.22. The van der Waals surface area contributed by atoms with Gasteiger partial charge < -0.3 is 15.2 Å². The van der Waals surface area contributed by atoms with Crippen molar-refractivity contribution in [3.05, 3.63) is 35.4 Å². The molecule has 0 unspecified atom stereocenters. The van der Waals surface area contributed by atoms with Gasteiger partial charge in [0.15, 0.2) is 17.0 Å². The van der Waals surface area contributed by atoms with Crippen LogP contribution in [0, 0.1) is 0 Å². The highest BCUT2D eigenvalue weighted by molar-refractivity contribution is 6.28. The van der Waals surface area contributed by atoms with Crippen molar-refractivity contribution < 1.29 is 9.84 Å². The molecule has 0 amide bonds. The van der Waals surface area contributed by atoms with E-state index in [9.17, 15) is 5.11 Å². The van der Waals surface area contributed by atoms with Gasteiger partial charge in [0, 0.05) is 18.9 Å². The van der Waals surface area contributed by atoms with Crippen LogP contribution in [0.2, 0.25) is 5.28 Å². The Morgan fingerprint density at radius 1 is 1.24 bits per heavy atom. The first kappa shape index (κ1) is 17.4. The van der Waals surface area contributed by atoms with Crippen LogP contribution in [0.5, 0.6) is 6.01 Å². The van der Waals surface area contributed by atoms with Crippen LogP contribution in [0.3, 0.4) is 0 Å². The van der Waals surface area contributed by atoms with Crippen LogP contribution in [0.15, 0.2) is 24.5 Å². The quantitative estimate of drug-likeness (QED) is 0.593. The molecule has 0 aromatic carbocycles. The average Bonchev–Trinajstić information content (AvgIpc) is 2.97. The summed E-state index contributed by atoms with van der Waals surface area (Å²) < 4.78 is 7.38. The Balaban J connectivity index is 1.97. The van der Waals surface area contributed by atoms with Gasteiger partial charge >= 0.3 is 0 Å². The van der Waals surface area contributed by atoms with E-state index >= 15 is 0 Å². The standard InChI is InChI=1S/C16H19ClN6O2/c1-2-9-25-16-20-12-13(19-10-11-3-5-18-6-4-11)21-15(17)22-14(12)23(16)7-8-24/h3-6,24H,2,7-10H2,1H3,(H,19,21,22). The van der Waals surface area contributed by atoms with Crippen LogP contribution in [0.1, 0.15) is 18.9 Å². The van der Waals surface area contributed by atoms with Crippen LogP contribution in [0.25, 0.3) is 11.2 Å². The predicted octanol–water partition coefficient (Wildman–Crippen LogP) is 2.27. The summed E-state index contributed by atoms with van der Waals surface area (Å²) in [5.41, 5.74) is 2.13. The molecule has 0 aliphatic heterocycles. The van der Waals surface area contributed by atoms with Gasteiger partial charge in [-0.3, -0.25) is 9.55 Å². The number of fused-ring (bicyclic) bond motifs is 1. The third-order valence-corrected chi connectivity index (χ3v) is 3.67. The zero-order valence-corrected chi connectivity index (χ0v) is 14.6. The van der Waals surface area contributed by atoms with Gasteiger partial charge in [0.2, 0.25) is 5.28 Å². The van der Waals surface area contributed by atoms with Crippen molar-refractivity contribution in [2.75, 3.05) is 18.5 Å². The van der Waals surface area contributed by atoms with Gasteiger partial charge in [-0.25, -0.2) is 0 Å². The third-order valence-electron chi connectivity index (χ3n) is 3.50. The minimum Gasteiger partial charge on any atom is -0.465 e. The molecule has 0 aliphatic carbocycles. The fraction of sp³-hybridized carbons (Fsp3) is 0.375. The van der Waals surface area contributed by atoms with E-state index in [1.807, 2.05) is 19.1 Å². The van der Waals surface area contributed by atoms with E-state index in [2.05, 4.69) is 25.3 Å². The first-order chi connectivity index (χ1) is 12.2. The number of nitrogens with zero attached hydrogens (tertiary/aromatic N) is 5. The first-order valence-corrected chi connectivity index (χ1v) is 8.41. The van der Waals surface area contributed by atoms with E-state index in [1.54, 1.807) is 17.0 Å². The summed E-state index contributed by atoms with van der Waals surface area (Å²) in [6.07, 6.45) is 4.31. The van der Waals surface area contributed by atoms with Crippen LogP contribution in [0.4, 0.5) is 5.82 Å². The number of nitrogens with one attached hydrogen (secondary N) is 1. The Labute approximate surface area is 149 Å². The fourth-order valence-electron chi connectivity index (χ4n) is 2.37. The molecule has 3 heterocycles. The van der Waals surface area contributed by atoms with E-state index in [1.165, 1.54) is 0 Å². The Kier molecular flexibility index (Phi) is 5.62. The van der Waals surface area contributed by atoms with E-state index in [-0.39, 0.29) is 11.9 Å². The predicted molar refractivity (Wildman–Crippen MR) is 94.8 cm³/mol. The molecule has 0 saturated heterocycles.